The van der Waals surface area contributed by atoms with Crippen molar-refractivity contribution in [3.8, 4) is 0 Å². The van der Waals surface area contributed by atoms with Crippen LogP contribution in [0.25, 0.3) is 0 Å². The number of ketones is 1. The number of Topliss-reactive ketones (excluding diaryl/α,β-unsaturated/α-hetero) is 1. The molecule has 1 aliphatic heterocycles. The quantitative estimate of drug-likeness (QED) is 0.417. The van der Waals surface area contributed by atoms with Gasteiger partial charge >= 0.3 is 0 Å². The molecule has 35 heavy (non-hydrogen) atoms. The van der Waals surface area contributed by atoms with E-state index >= 15 is 0 Å². The molecule has 1 amide bonds. The summed E-state index contributed by atoms with van der Waals surface area (Å²) in [7, 11) is 3.85. The van der Waals surface area contributed by atoms with Crippen molar-refractivity contribution in [2.24, 2.45) is 0 Å². The highest BCUT2D eigenvalue weighted by molar-refractivity contribution is 7.08. The van der Waals surface area contributed by atoms with Crippen LogP contribution < -0.4 is 10.6 Å². The summed E-state index contributed by atoms with van der Waals surface area (Å²) in [5.74, 6) is -0.0280. The van der Waals surface area contributed by atoms with Gasteiger partial charge < -0.3 is 20.4 Å². The van der Waals surface area contributed by atoms with E-state index in [-0.39, 0.29) is 28.0 Å². The van der Waals surface area contributed by atoms with Gasteiger partial charge in [0.1, 0.15) is 10.3 Å². The van der Waals surface area contributed by atoms with Gasteiger partial charge in [0.2, 0.25) is 0 Å². The number of likely N-dealkylation sites (tertiary alicyclic amines) is 1. The van der Waals surface area contributed by atoms with Crippen LogP contribution in [0.3, 0.4) is 0 Å². The monoisotopic (exact) mass is 539 g/mol. The number of pyridine rings is 1. The van der Waals surface area contributed by atoms with Crippen LogP contribution in [0.4, 0.5) is 0 Å². The number of aryl methyl sites for hydroxylation is 1. The zero-order valence-corrected chi connectivity index (χ0v) is 23.1. The van der Waals surface area contributed by atoms with E-state index in [1.807, 2.05) is 30.4 Å². The van der Waals surface area contributed by atoms with Crippen molar-refractivity contribution >= 4 is 46.2 Å². The van der Waals surface area contributed by atoms with Crippen LogP contribution in [0.1, 0.15) is 53.7 Å². The number of halogens is 2. The van der Waals surface area contributed by atoms with Gasteiger partial charge in [0.05, 0.1) is 18.2 Å². The van der Waals surface area contributed by atoms with Crippen LogP contribution in [0, 0.1) is 6.92 Å². The minimum absolute atomic E-state index is 0.125. The lowest BCUT2D eigenvalue weighted by Crippen LogP contribution is -2.48. The molecule has 2 atom stereocenters. The molecule has 0 bridgehead atoms. The smallest absolute Gasteiger partial charge is 0.254 e. The molecule has 1 unspecified atom stereocenters. The van der Waals surface area contributed by atoms with E-state index in [1.165, 1.54) is 0 Å². The van der Waals surface area contributed by atoms with E-state index in [2.05, 4.69) is 32.8 Å². The standard InChI is InChI=1S/C25H35Cl2N5O2S/c1-16-13-21(26)30-24(27)22(16)25(34)28-9-5-17(2)32-10-6-19(7-11-32)29-23(18-8-12-35-15-18)20(33)14-31(3)4/h8,12-13,15,17,19,23,29H,5-7,9-11,14H2,1-4H3,(H,28,34)/t17-,23?/m1/s1. The maximum Gasteiger partial charge on any atom is 0.254 e. The minimum Gasteiger partial charge on any atom is -0.352 e. The van der Waals surface area contributed by atoms with Crippen molar-refractivity contribution in [3.63, 3.8) is 0 Å². The third-order valence-corrected chi connectivity index (χ3v) is 7.61. The van der Waals surface area contributed by atoms with Crippen LogP contribution in [0.5, 0.6) is 0 Å². The summed E-state index contributed by atoms with van der Waals surface area (Å²) in [5, 5.41) is 11.1. The van der Waals surface area contributed by atoms with Crippen LogP contribution in [-0.2, 0) is 4.79 Å². The molecule has 2 N–H and O–H groups in total. The van der Waals surface area contributed by atoms with Gasteiger partial charge in [-0.15, -0.1) is 0 Å². The number of carbonyl (C=O) groups excluding carboxylic acids is 2. The maximum absolute atomic E-state index is 12.9. The Morgan fingerprint density at radius 1 is 1.29 bits per heavy atom. The second-order valence-corrected chi connectivity index (χ2v) is 11.0. The number of likely N-dealkylation sites (N-methyl/N-ethyl adjacent to an activating group) is 1. The highest BCUT2D eigenvalue weighted by Crippen LogP contribution is 2.23. The number of thiophene rings is 1. The zero-order valence-electron chi connectivity index (χ0n) is 20.8. The topological polar surface area (TPSA) is 77.6 Å². The van der Waals surface area contributed by atoms with Gasteiger partial charge in [0.25, 0.3) is 5.91 Å². The molecule has 0 aliphatic carbocycles. The third kappa shape index (κ3) is 7.97. The number of piperidine rings is 1. The van der Waals surface area contributed by atoms with Crippen molar-refractivity contribution in [3.05, 3.63) is 49.9 Å². The number of hydrogen-bond donors (Lipinski definition) is 2. The second kappa shape index (κ2) is 13.1. The second-order valence-electron chi connectivity index (χ2n) is 9.49. The van der Waals surface area contributed by atoms with Crippen molar-refractivity contribution in [1.82, 2.24) is 25.4 Å². The Hall–Kier alpha value is -1.55. The van der Waals surface area contributed by atoms with Crippen LogP contribution in [0.15, 0.2) is 22.9 Å². The van der Waals surface area contributed by atoms with Gasteiger partial charge in [-0.25, -0.2) is 4.98 Å². The highest BCUT2D eigenvalue weighted by atomic mass is 35.5. The maximum atomic E-state index is 12.9. The lowest BCUT2D eigenvalue weighted by molar-refractivity contribution is -0.122. The van der Waals surface area contributed by atoms with Gasteiger partial charge in [-0.05, 0) is 94.3 Å². The van der Waals surface area contributed by atoms with E-state index in [0.717, 1.165) is 37.9 Å². The predicted octanol–water partition coefficient (Wildman–Crippen LogP) is 4.19. The van der Waals surface area contributed by atoms with E-state index in [4.69, 9.17) is 23.2 Å². The Morgan fingerprint density at radius 3 is 2.60 bits per heavy atom. The summed E-state index contributed by atoms with van der Waals surface area (Å²) in [4.78, 5) is 33.8. The van der Waals surface area contributed by atoms with Crippen molar-refractivity contribution < 1.29 is 9.59 Å². The molecule has 1 aliphatic rings. The van der Waals surface area contributed by atoms with Crippen LogP contribution >= 0.6 is 34.5 Å². The molecule has 192 valence electrons. The first-order chi connectivity index (χ1) is 16.7. The lowest BCUT2D eigenvalue weighted by Gasteiger charge is -2.37. The fraction of sp³-hybridized carbons (Fsp3) is 0.560. The molecule has 3 rings (SSSR count). The number of amides is 1. The highest BCUT2D eigenvalue weighted by Gasteiger charge is 2.28. The zero-order chi connectivity index (χ0) is 25.5. The summed E-state index contributed by atoms with van der Waals surface area (Å²) >= 11 is 13.6. The Bertz CT molecular complexity index is 971. The fourth-order valence-corrected chi connectivity index (χ4v) is 5.80. The number of carbonyl (C=O) groups is 2. The summed E-state index contributed by atoms with van der Waals surface area (Å²) in [5.41, 5.74) is 2.14. The predicted molar refractivity (Wildman–Crippen MR) is 144 cm³/mol. The SMILES string of the molecule is Cc1cc(Cl)nc(Cl)c1C(=O)NCC[C@@H](C)N1CCC(NC(C(=O)CN(C)C)c2ccsc2)CC1. The molecule has 2 aromatic heterocycles. The molecule has 10 heteroatoms. The normalized spacial score (nSPS) is 16.9. The molecule has 0 radical (unpaired) electrons. The largest absolute Gasteiger partial charge is 0.352 e. The first kappa shape index (κ1) is 28.0. The average molecular weight is 541 g/mol. The van der Waals surface area contributed by atoms with E-state index in [0.29, 0.717) is 36.3 Å². The Balaban J connectivity index is 1.46. The molecule has 0 spiro atoms. The number of nitrogens with zero attached hydrogens (tertiary/aromatic N) is 3. The molecule has 3 heterocycles. The Labute approximate surface area is 222 Å². The van der Waals surface area contributed by atoms with Crippen LogP contribution in [0.2, 0.25) is 10.3 Å². The van der Waals surface area contributed by atoms with Gasteiger partial charge in [-0.3, -0.25) is 9.59 Å². The third-order valence-electron chi connectivity index (χ3n) is 6.44. The Kier molecular flexibility index (Phi) is 10.5. The molecule has 0 saturated carbocycles. The van der Waals surface area contributed by atoms with Gasteiger partial charge in [0.15, 0.2) is 5.78 Å². The summed E-state index contributed by atoms with van der Waals surface area (Å²) in [6, 6.07) is 4.05. The van der Waals surface area contributed by atoms with Crippen LogP contribution in [-0.4, -0.2) is 78.8 Å². The van der Waals surface area contributed by atoms with Gasteiger partial charge in [0, 0.05) is 18.6 Å². The number of nitrogens with one attached hydrogen (secondary N) is 2. The Morgan fingerprint density at radius 2 is 2.00 bits per heavy atom. The van der Waals surface area contributed by atoms with E-state index in [9.17, 15) is 9.59 Å². The minimum atomic E-state index is -0.259. The molecular formula is C25H35Cl2N5O2S. The molecular weight excluding hydrogens is 505 g/mol. The number of aromatic nitrogens is 1. The molecule has 2 aromatic rings. The molecule has 0 aromatic carbocycles. The van der Waals surface area contributed by atoms with Gasteiger partial charge in [-0.2, -0.15) is 11.3 Å². The van der Waals surface area contributed by atoms with Crippen molar-refractivity contribution in [1.29, 1.82) is 0 Å². The molecule has 1 saturated heterocycles. The lowest BCUT2D eigenvalue weighted by atomic mass is 9.98. The first-order valence-corrected chi connectivity index (χ1v) is 13.7. The van der Waals surface area contributed by atoms with Crippen molar-refractivity contribution in [2.75, 3.05) is 40.3 Å². The number of rotatable bonds is 11. The fourth-order valence-electron chi connectivity index (χ4n) is 4.49. The van der Waals surface area contributed by atoms with E-state index in [1.54, 1.807) is 24.3 Å². The first-order valence-electron chi connectivity index (χ1n) is 12.0. The average Bonchev–Trinajstić information content (AvgIpc) is 3.31. The summed E-state index contributed by atoms with van der Waals surface area (Å²) in [6.45, 7) is 6.87. The number of hydrogen-bond acceptors (Lipinski definition) is 7. The van der Waals surface area contributed by atoms with E-state index < -0.39 is 0 Å². The molecule has 1 fully saturated rings. The molecule has 7 nitrogen and oxygen atoms in total. The van der Waals surface area contributed by atoms with Crippen molar-refractivity contribution in [2.45, 2.75) is 51.2 Å². The summed E-state index contributed by atoms with van der Waals surface area (Å²) in [6.07, 6.45) is 2.80. The summed E-state index contributed by atoms with van der Waals surface area (Å²) < 4.78 is 0. The van der Waals surface area contributed by atoms with Gasteiger partial charge in [-0.1, -0.05) is 23.2 Å².